The normalized spacial score (nSPS) is 18.8. The van der Waals surface area contributed by atoms with Gasteiger partial charge in [-0.2, -0.15) is 0 Å². The maximum absolute atomic E-state index is 4.89. The van der Waals surface area contributed by atoms with Gasteiger partial charge in [-0.3, -0.25) is 0 Å². The first kappa shape index (κ1) is 14.4. The van der Waals surface area contributed by atoms with Gasteiger partial charge < -0.3 is 14.6 Å². The molecule has 21 heavy (non-hydrogen) atoms. The molecule has 4 nitrogen and oxygen atoms in total. The highest BCUT2D eigenvalue weighted by Crippen LogP contribution is 2.28. The maximum Gasteiger partial charge on any atom is 0.152 e. The molecule has 1 unspecified atom stereocenters. The second-order valence-corrected chi connectivity index (χ2v) is 6.00. The van der Waals surface area contributed by atoms with E-state index in [0.717, 1.165) is 44.2 Å². The monoisotopic (exact) mass is 286 g/mol. The number of imidazole rings is 1. The fourth-order valence-electron chi connectivity index (χ4n) is 3.19. The summed E-state index contributed by atoms with van der Waals surface area (Å²) in [5.41, 5.74) is 2.36. The molecule has 0 aromatic carbocycles. The quantitative estimate of drug-likeness (QED) is 0.828. The van der Waals surface area contributed by atoms with Crippen LogP contribution in [-0.2, 0) is 6.54 Å². The van der Waals surface area contributed by atoms with E-state index in [0.29, 0.717) is 0 Å². The van der Waals surface area contributed by atoms with E-state index in [4.69, 9.17) is 4.98 Å². The molecule has 0 radical (unpaired) electrons. The number of nitrogens with one attached hydrogen (secondary N) is 1. The van der Waals surface area contributed by atoms with Gasteiger partial charge in [0.2, 0.25) is 0 Å². The lowest BCUT2D eigenvalue weighted by Gasteiger charge is -2.18. The van der Waals surface area contributed by atoms with Gasteiger partial charge >= 0.3 is 0 Å². The zero-order valence-corrected chi connectivity index (χ0v) is 13.2. The molecule has 0 saturated carbocycles. The molecule has 3 heterocycles. The van der Waals surface area contributed by atoms with Crippen LogP contribution in [0.25, 0.3) is 5.65 Å². The van der Waals surface area contributed by atoms with Crippen LogP contribution in [0, 0.1) is 5.92 Å². The van der Waals surface area contributed by atoms with E-state index in [-0.39, 0.29) is 0 Å². The summed E-state index contributed by atoms with van der Waals surface area (Å²) in [6.45, 7) is 8.74. The van der Waals surface area contributed by atoms with Crippen molar-refractivity contribution in [2.24, 2.45) is 5.92 Å². The molecular formula is C17H26N4. The Bertz CT molecular complexity index is 589. The first-order valence-electron chi connectivity index (χ1n) is 8.25. The molecule has 1 atom stereocenters. The molecule has 2 aromatic rings. The average molecular weight is 286 g/mol. The molecule has 1 N–H and O–H groups in total. The van der Waals surface area contributed by atoms with Crippen molar-refractivity contribution in [3.63, 3.8) is 0 Å². The predicted molar refractivity (Wildman–Crippen MR) is 87.8 cm³/mol. The second kappa shape index (κ2) is 6.48. The number of nitrogens with zero attached hydrogens (tertiary/aromatic N) is 3. The zero-order chi connectivity index (χ0) is 14.7. The lowest BCUT2D eigenvalue weighted by molar-refractivity contribution is 0.568. The largest absolute Gasteiger partial charge is 0.355 e. The van der Waals surface area contributed by atoms with Crippen molar-refractivity contribution in [1.82, 2.24) is 14.7 Å². The molecule has 0 spiro atoms. The topological polar surface area (TPSA) is 32.6 Å². The fourth-order valence-corrected chi connectivity index (χ4v) is 3.19. The van der Waals surface area contributed by atoms with Crippen LogP contribution in [0.2, 0.25) is 0 Å². The first-order valence-corrected chi connectivity index (χ1v) is 8.25. The lowest BCUT2D eigenvalue weighted by Crippen LogP contribution is -2.23. The summed E-state index contributed by atoms with van der Waals surface area (Å²) in [5, 5.41) is 3.53. The number of aromatic nitrogens is 2. The summed E-state index contributed by atoms with van der Waals surface area (Å²) in [5.74, 6) is 2.01. The van der Waals surface area contributed by atoms with Crippen molar-refractivity contribution in [3.8, 4) is 0 Å². The van der Waals surface area contributed by atoms with E-state index in [1.54, 1.807) is 0 Å². The van der Waals surface area contributed by atoms with Gasteiger partial charge in [0, 0.05) is 25.8 Å². The minimum absolute atomic E-state index is 0.825. The molecule has 1 fully saturated rings. The van der Waals surface area contributed by atoms with Crippen LogP contribution in [0.1, 0.15) is 38.8 Å². The van der Waals surface area contributed by atoms with Crippen LogP contribution < -0.4 is 10.2 Å². The molecule has 0 aliphatic carbocycles. The molecule has 0 amide bonds. The summed E-state index contributed by atoms with van der Waals surface area (Å²) in [6.07, 6.45) is 5.86. The van der Waals surface area contributed by atoms with E-state index in [1.807, 2.05) is 0 Å². The van der Waals surface area contributed by atoms with Gasteiger partial charge in [-0.1, -0.05) is 26.3 Å². The van der Waals surface area contributed by atoms with Gasteiger partial charge in [-0.25, -0.2) is 4.98 Å². The van der Waals surface area contributed by atoms with Crippen LogP contribution in [0.15, 0.2) is 24.4 Å². The zero-order valence-electron chi connectivity index (χ0n) is 13.2. The van der Waals surface area contributed by atoms with Crippen molar-refractivity contribution in [2.45, 2.75) is 39.7 Å². The second-order valence-electron chi connectivity index (χ2n) is 6.00. The summed E-state index contributed by atoms with van der Waals surface area (Å²) >= 11 is 0. The number of rotatable bonds is 6. The highest BCUT2D eigenvalue weighted by molar-refractivity contribution is 5.56. The Hall–Kier alpha value is -1.55. The van der Waals surface area contributed by atoms with Crippen LogP contribution in [0.4, 0.5) is 5.82 Å². The molecule has 3 rings (SSSR count). The van der Waals surface area contributed by atoms with Gasteiger partial charge in [0.15, 0.2) is 5.82 Å². The Morgan fingerprint density at radius 1 is 1.33 bits per heavy atom. The number of hydrogen-bond donors (Lipinski definition) is 1. The van der Waals surface area contributed by atoms with E-state index >= 15 is 0 Å². The van der Waals surface area contributed by atoms with Crippen molar-refractivity contribution in [2.75, 3.05) is 24.5 Å². The number of fused-ring (bicyclic) bond motifs is 1. The van der Waals surface area contributed by atoms with Crippen LogP contribution >= 0.6 is 0 Å². The van der Waals surface area contributed by atoms with E-state index in [2.05, 4.69) is 52.9 Å². The van der Waals surface area contributed by atoms with Gasteiger partial charge in [0.05, 0.1) is 5.69 Å². The summed E-state index contributed by atoms with van der Waals surface area (Å²) in [6, 6.07) is 6.25. The Morgan fingerprint density at radius 2 is 2.24 bits per heavy atom. The summed E-state index contributed by atoms with van der Waals surface area (Å²) in [7, 11) is 0. The van der Waals surface area contributed by atoms with Crippen molar-refractivity contribution in [1.29, 1.82) is 0 Å². The molecular weight excluding hydrogens is 260 g/mol. The van der Waals surface area contributed by atoms with E-state index < -0.39 is 0 Å². The maximum atomic E-state index is 4.89. The van der Waals surface area contributed by atoms with Crippen molar-refractivity contribution >= 4 is 11.5 Å². The number of pyridine rings is 1. The smallest absolute Gasteiger partial charge is 0.152 e. The van der Waals surface area contributed by atoms with E-state index in [9.17, 15) is 0 Å². The molecule has 114 valence electrons. The lowest BCUT2D eigenvalue weighted by atomic mass is 10.1. The number of anilines is 1. The highest BCUT2D eigenvalue weighted by Gasteiger charge is 2.25. The van der Waals surface area contributed by atoms with Gasteiger partial charge in [0.1, 0.15) is 5.65 Å². The van der Waals surface area contributed by atoms with Gasteiger partial charge in [-0.15, -0.1) is 0 Å². The highest BCUT2D eigenvalue weighted by atomic mass is 15.2. The third-order valence-corrected chi connectivity index (χ3v) is 4.49. The van der Waals surface area contributed by atoms with Crippen LogP contribution in [-0.4, -0.2) is 29.0 Å². The number of hydrogen-bond acceptors (Lipinski definition) is 3. The summed E-state index contributed by atoms with van der Waals surface area (Å²) < 4.78 is 2.23. The Balaban J connectivity index is 1.90. The minimum Gasteiger partial charge on any atom is -0.355 e. The van der Waals surface area contributed by atoms with Crippen LogP contribution in [0.3, 0.4) is 0 Å². The van der Waals surface area contributed by atoms with Gasteiger partial charge in [0.25, 0.3) is 0 Å². The molecule has 0 bridgehead atoms. The van der Waals surface area contributed by atoms with Crippen molar-refractivity contribution < 1.29 is 0 Å². The minimum atomic E-state index is 0.825. The Kier molecular flexibility index (Phi) is 4.44. The standard InChI is InChI=1S/C17H26N4/c1-3-9-18-12-15-17(20-11-8-14(4-2)13-20)19-16-7-5-6-10-21(15)16/h5-7,10,14,18H,3-4,8-9,11-13H2,1-2H3. The van der Waals surface area contributed by atoms with Crippen molar-refractivity contribution in [3.05, 3.63) is 30.1 Å². The average Bonchev–Trinajstić information content (AvgIpc) is 3.12. The summed E-state index contributed by atoms with van der Waals surface area (Å²) in [4.78, 5) is 7.37. The Labute approximate surface area is 127 Å². The third-order valence-electron chi connectivity index (χ3n) is 4.49. The SMILES string of the molecule is CCCNCc1c(N2CCC(CC)C2)nc2ccccn12. The fraction of sp³-hybridized carbons (Fsp3) is 0.588. The molecule has 1 aliphatic heterocycles. The van der Waals surface area contributed by atoms with Gasteiger partial charge in [-0.05, 0) is 37.4 Å². The molecule has 1 saturated heterocycles. The van der Waals surface area contributed by atoms with Crippen LogP contribution in [0.5, 0.6) is 0 Å². The first-order chi connectivity index (χ1) is 10.3. The third kappa shape index (κ3) is 2.91. The Morgan fingerprint density at radius 3 is 3.00 bits per heavy atom. The molecule has 4 heteroatoms. The predicted octanol–water partition coefficient (Wildman–Crippen LogP) is 3.07. The molecule has 1 aliphatic rings. The van der Waals surface area contributed by atoms with E-state index in [1.165, 1.54) is 24.4 Å². The molecule has 2 aromatic heterocycles.